The van der Waals surface area contributed by atoms with Crippen molar-refractivity contribution in [3.05, 3.63) is 51.4 Å². The summed E-state index contributed by atoms with van der Waals surface area (Å²) in [6.45, 7) is 18.0. The summed E-state index contributed by atoms with van der Waals surface area (Å²) in [5.74, 6) is -0.883. The predicted octanol–water partition coefficient (Wildman–Crippen LogP) is 5.62. The highest BCUT2D eigenvalue weighted by atomic mass is 16.6. The van der Waals surface area contributed by atoms with E-state index in [4.69, 9.17) is 18.9 Å². The minimum atomic E-state index is -1.16. The van der Waals surface area contributed by atoms with Gasteiger partial charge in [-0.3, -0.25) is 14.3 Å². The van der Waals surface area contributed by atoms with Gasteiger partial charge in [-0.15, -0.1) is 0 Å². The van der Waals surface area contributed by atoms with Crippen molar-refractivity contribution in [2.24, 2.45) is 0 Å². The standard InChI is InChI=1S/C35H47N5O8/c1-12-46-31(42)26-27-24(19-23(20-36-27)38-17-15-37(10)16-18-38)30(41)39(28-21(2)13-14-25(45-11)22(28)3)29(26)40(32(43)47-34(4,5)6)33(44)48-35(7,8)9/h13-14,19-20H,12,15-18H2,1-11H3. The molecule has 3 heterocycles. The Balaban J connectivity index is 2.24. The summed E-state index contributed by atoms with van der Waals surface area (Å²) in [6, 6.07) is 5.18. The first-order valence-corrected chi connectivity index (χ1v) is 16.0. The number of aromatic nitrogens is 2. The van der Waals surface area contributed by atoms with Gasteiger partial charge in [0, 0.05) is 31.7 Å². The van der Waals surface area contributed by atoms with Crippen LogP contribution in [-0.2, 0) is 14.2 Å². The lowest BCUT2D eigenvalue weighted by molar-refractivity contribution is 0.0427. The van der Waals surface area contributed by atoms with E-state index < -0.39 is 40.7 Å². The molecule has 260 valence electrons. The number of carbonyl (C=O) groups is 3. The Morgan fingerprint density at radius 3 is 2.04 bits per heavy atom. The van der Waals surface area contributed by atoms with Crippen molar-refractivity contribution in [1.82, 2.24) is 14.5 Å². The number of likely N-dealkylation sites (N-methyl/N-ethyl adjacent to an activating group) is 1. The molecule has 1 aliphatic rings. The number of rotatable bonds is 6. The molecule has 2 amide bonds. The van der Waals surface area contributed by atoms with Gasteiger partial charge in [0.2, 0.25) is 0 Å². The van der Waals surface area contributed by atoms with Crippen LogP contribution in [0.4, 0.5) is 21.1 Å². The molecule has 1 fully saturated rings. The first-order chi connectivity index (χ1) is 22.4. The molecule has 1 saturated heterocycles. The van der Waals surface area contributed by atoms with Gasteiger partial charge < -0.3 is 28.7 Å². The molecule has 2 aromatic heterocycles. The zero-order valence-corrected chi connectivity index (χ0v) is 29.8. The second-order valence-corrected chi connectivity index (χ2v) is 13.8. The molecule has 13 heteroatoms. The molecule has 0 spiro atoms. The molecule has 0 radical (unpaired) electrons. The van der Waals surface area contributed by atoms with Crippen molar-refractivity contribution in [3.63, 3.8) is 0 Å². The highest BCUT2D eigenvalue weighted by molar-refractivity contribution is 6.17. The molecule has 0 atom stereocenters. The van der Waals surface area contributed by atoms with Gasteiger partial charge in [-0.2, -0.15) is 4.90 Å². The zero-order valence-electron chi connectivity index (χ0n) is 29.8. The summed E-state index contributed by atoms with van der Waals surface area (Å²) in [6.07, 6.45) is -0.749. The average Bonchev–Trinajstić information content (AvgIpc) is 2.97. The van der Waals surface area contributed by atoms with E-state index in [1.54, 1.807) is 86.7 Å². The van der Waals surface area contributed by atoms with E-state index in [1.807, 2.05) is 7.05 Å². The molecule has 4 rings (SSSR count). The van der Waals surface area contributed by atoms with Gasteiger partial charge in [0.05, 0.1) is 42.2 Å². The molecule has 1 aromatic carbocycles. The predicted molar refractivity (Wildman–Crippen MR) is 184 cm³/mol. The van der Waals surface area contributed by atoms with Gasteiger partial charge in [0.15, 0.2) is 5.82 Å². The smallest absolute Gasteiger partial charge is 0.425 e. The van der Waals surface area contributed by atoms with Crippen LogP contribution in [0, 0.1) is 13.8 Å². The third kappa shape index (κ3) is 7.56. The van der Waals surface area contributed by atoms with Crippen LogP contribution in [0.25, 0.3) is 16.6 Å². The lowest BCUT2D eigenvalue weighted by Crippen LogP contribution is -2.47. The molecule has 13 nitrogen and oxygen atoms in total. The third-order valence-corrected chi connectivity index (χ3v) is 7.72. The number of fused-ring (bicyclic) bond motifs is 1. The Labute approximate surface area is 281 Å². The zero-order chi connectivity index (χ0) is 35.7. The summed E-state index contributed by atoms with van der Waals surface area (Å²) in [4.78, 5) is 66.8. The topological polar surface area (TPSA) is 133 Å². The van der Waals surface area contributed by atoms with E-state index >= 15 is 0 Å². The number of carbonyl (C=O) groups excluding carboxylic acids is 3. The maximum atomic E-state index is 15.0. The molecule has 0 bridgehead atoms. The maximum Gasteiger partial charge on any atom is 0.425 e. The number of ether oxygens (including phenoxy) is 4. The summed E-state index contributed by atoms with van der Waals surface area (Å²) in [5, 5.41) is 0.0909. The molecule has 0 N–H and O–H groups in total. The Bertz CT molecular complexity index is 1750. The van der Waals surface area contributed by atoms with E-state index in [-0.39, 0.29) is 23.1 Å². The highest BCUT2D eigenvalue weighted by Crippen LogP contribution is 2.36. The first-order valence-electron chi connectivity index (χ1n) is 16.0. The summed E-state index contributed by atoms with van der Waals surface area (Å²) in [5.41, 5.74) is -0.989. The second kappa shape index (κ2) is 13.8. The fourth-order valence-electron chi connectivity index (χ4n) is 5.54. The van der Waals surface area contributed by atoms with Crippen LogP contribution in [0.3, 0.4) is 0 Å². The number of esters is 1. The lowest BCUT2D eigenvalue weighted by atomic mass is 10.0. The minimum absolute atomic E-state index is 0.0334. The number of amides is 2. The van der Waals surface area contributed by atoms with Gasteiger partial charge in [-0.1, -0.05) is 6.07 Å². The number of aryl methyl sites for hydroxylation is 1. The number of benzene rings is 1. The quantitative estimate of drug-likeness (QED) is 0.240. The highest BCUT2D eigenvalue weighted by Gasteiger charge is 2.40. The van der Waals surface area contributed by atoms with Crippen molar-refractivity contribution in [2.75, 3.05) is 56.7 Å². The second-order valence-electron chi connectivity index (χ2n) is 13.8. The van der Waals surface area contributed by atoms with Crippen molar-refractivity contribution in [2.45, 2.75) is 73.5 Å². The summed E-state index contributed by atoms with van der Waals surface area (Å²) in [7, 11) is 3.54. The Morgan fingerprint density at radius 2 is 1.52 bits per heavy atom. The number of piperazine rings is 1. The van der Waals surface area contributed by atoms with Crippen LogP contribution >= 0.6 is 0 Å². The van der Waals surface area contributed by atoms with Gasteiger partial charge >= 0.3 is 18.2 Å². The Kier molecular flexibility index (Phi) is 10.4. The fourth-order valence-corrected chi connectivity index (χ4v) is 5.54. The van der Waals surface area contributed by atoms with E-state index in [1.165, 1.54) is 11.7 Å². The molecule has 3 aromatic rings. The average molecular weight is 666 g/mol. The van der Waals surface area contributed by atoms with Crippen LogP contribution in [0.15, 0.2) is 29.2 Å². The normalized spacial score (nSPS) is 14.1. The van der Waals surface area contributed by atoms with Gasteiger partial charge in [-0.25, -0.2) is 14.4 Å². The van der Waals surface area contributed by atoms with Gasteiger partial charge in [0.1, 0.15) is 22.5 Å². The first kappa shape index (κ1) is 36.2. The van der Waals surface area contributed by atoms with Crippen LogP contribution in [0.5, 0.6) is 5.75 Å². The van der Waals surface area contributed by atoms with E-state index in [2.05, 4.69) is 14.8 Å². The monoisotopic (exact) mass is 665 g/mol. The molecule has 1 aliphatic heterocycles. The minimum Gasteiger partial charge on any atom is -0.496 e. The van der Waals surface area contributed by atoms with Crippen molar-refractivity contribution in [3.8, 4) is 11.4 Å². The van der Waals surface area contributed by atoms with Crippen molar-refractivity contribution < 1.29 is 33.3 Å². The van der Waals surface area contributed by atoms with E-state index in [9.17, 15) is 19.2 Å². The van der Waals surface area contributed by atoms with E-state index in [0.29, 0.717) is 46.2 Å². The molecule has 0 saturated carbocycles. The van der Waals surface area contributed by atoms with E-state index in [0.717, 1.165) is 13.1 Å². The third-order valence-electron chi connectivity index (χ3n) is 7.72. The number of anilines is 2. The molecule has 0 aliphatic carbocycles. The number of hydrogen-bond donors (Lipinski definition) is 0. The Morgan fingerprint density at radius 1 is 0.938 bits per heavy atom. The lowest BCUT2D eigenvalue weighted by Gasteiger charge is -2.34. The maximum absolute atomic E-state index is 15.0. The summed E-state index contributed by atoms with van der Waals surface area (Å²) < 4.78 is 23.7. The number of hydrogen-bond acceptors (Lipinski definition) is 11. The largest absolute Gasteiger partial charge is 0.496 e. The van der Waals surface area contributed by atoms with Crippen molar-refractivity contribution >= 4 is 40.6 Å². The molecule has 48 heavy (non-hydrogen) atoms. The van der Waals surface area contributed by atoms with Crippen LogP contribution in [-0.4, -0.2) is 90.8 Å². The fraction of sp³-hybridized carbons (Fsp3) is 0.514. The van der Waals surface area contributed by atoms with Crippen LogP contribution in [0.2, 0.25) is 0 Å². The summed E-state index contributed by atoms with van der Waals surface area (Å²) >= 11 is 0. The van der Waals surface area contributed by atoms with Crippen molar-refractivity contribution in [1.29, 1.82) is 0 Å². The SMILES string of the molecule is CCOC(=O)c1c(N(C(=O)OC(C)(C)C)C(=O)OC(C)(C)C)n(-c2c(C)ccc(OC)c2C)c(=O)c2cc(N3CCN(C)CC3)cnc12. The number of methoxy groups -OCH3 is 1. The van der Waals surface area contributed by atoms with Gasteiger partial charge in [-0.05, 0) is 87.1 Å². The number of imide groups is 1. The Hall–Kier alpha value is -4.65. The number of pyridine rings is 2. The van der Waals surface area contributed by atoms with Crippen LogP contribution < -0.4 is 20.1 Å². The molecular formula is C35H47N5O8. The molecule has 0 unspecified atom stereocenters. The molecular weight excluding hydrogens is 618 g/mol. The number of nitrogens with zero attached hydrogens (tertiary/aromatic N) is 5. The van der Waals surface area contributed by atoms with Gasteiger partial charge in [0.25, 0.3) is 5.56 Å². The van der Waals surface area contributed by atoms with Crippen LogP contribution in [0.1, 0.15) is 70.0 Å².